The molecule has 4 aromatic rings. The summed E-state index contributed by atoms with van der Waals surface area (Å²) in [5.74, 6) is -0.604. The maximum absolute atomic E-state index is 13.8. The lowest BCUT2D eigenvalue weighted by Crippen LogP contribution is -2.17. The van der Waals surface area contributed by atoms with Gasteiger partial charge < -0.3 is 0 Å². The Hall–Kier alpha value is -2.98. The van der Waals surface area contributed by atoms with Crippen molar-refractivity contribution in [2.45, 2.75) is 4.90 Å². The Kier molecular flexibility index (Phi) is 4.52. The molecular weight excluding hydrogens is 404 g/mol. The van der Waals surface area contributed by atoms with Gasteiger partial charge in [-0.2, -0.15) is 0 Å². The maximum Gasteiger partial charge on any atom is 0.262 e. The van der Waals surface area contributed by atoms with Crippen molar-refractivity contribution in [3.8, 4) is 5.69 Å². The van der Waals surface area contributed by atoms with Crippen LogP contribution in [-0.2, 0) is 10.0 Å². The van der Waals surface area contributed by atoms with E-state index in [2.05, 4.69) is 20.0 Å². The van der Waals surface area contributed by atoms with Crippen molar-refractivity contribution in [3.63, 3.8) is 0 Å². The summed E-state index contributed by atoms with van der Waals surface area (Å²) in [5.41, 5.74) is 1.90. The number of anilines is 1. The molecule has 0 bridgehead atoms. The van der Waals surface area contributed by atoms with Gasteiger partial charge in [0.15, 0.2) is 0 Å². The normalized spacial score (nSPS) is 11.6. The molecule has 28 heavy (non-hydrogen) atoms. The van der Waals surface area contributed by atoms with Crippen molar-refractivity contribution >= 4 is 51.8 Å². The second-order valence-corrected chi connectivity index (χ2v) is 8.14. The molecule has 0 aliphatic rings. The van der Waals surface area contributed by atoms with Gasteiger partial charge in [0.2, 0.25) is 5.65 Å². The molecule has 0 amide bonds. The Labute approximate surface area is 165 Å². The van der Waals surface area contributed by atoms with Crippen LogP contribution < -0.4 is 10.2 Å². The predicted octanol–water partition coefficient (Wildman–Crippen LogP) is 1.67. The van der Waals surface area contributed by atoms with Crippen molar-refractivity contribution < 1.29 is 12.8 Å². The van der Waals surface area contributed by atoms with E-state index in [4.69, 9.17) is 11.6 Å². The lowest BCUT2D eigenvalue weighted by Gasteiger charge is -2.13. The van der Waals surface area contributed by atoms with Crippen LogP contribution >= 0.6 is 11.6 Å². The molecule has 0 spiro atoms. The molecule has 0 fully saturated rings. The van der Waals surface area contributed by atoms with Crippen LogP contribution in [0.25, 0.3) is 16.9 Å². The summed E-state index contributed by atoms with van der Waals surface area (Å²) in [6.07, 6.45) is 1.58. The van der Waals surface area contributed by atoms with E-state index < -0.39 is 15.8 Å². The van der Waals surface area contributed by atoms with E-state index >= 15 is 0 Å². The van der Waals surface area contributed by atoms with Crippen LogP contribution in [0, 0.1) is 5.82 Å². The first-order valence-corrected chi connectivity index (χ1v) is 9.96. The highest BCUT2D eigenvalue weighted by atomic mass is 35.5. The Balaban J connectivity index is 1.82. The van der Waals surface area contributed by atoms with Crippen LogP contribution in [0.15, 0.2) is 59.6 Å². The van der Waals surface area contributed by atoms with Crippen LogP contribution in [0.5, 0.6) is 0 Å². The number of halogens is 2. The van der Waals surface area contributed by atoms with Gasteiger partial charge in [0.1, 0.15) is 19.2 Å². The van der Waals surface area contributed by atoms with Gasteiger partial charge in [-0.15, -0.1) is 5.10 Å². The summed E-state index contributed by atoms with van der Waals surface area (Å²) in [4.78, 5) is 3.92. The van der Waals surface area contributed by atoms with E-state index in [1.165, 1.54) is 28.9 Å². The van der Waals surface area contributed by atoms with Gasteiger partial charge in [0.05, 0.1) is 16.3 Å². The lowest BCUT2D eigenvalue weighted by molar-refractivity contribution is 0.596. The van der Waals surface area contributed by atoms with E-state index in [1.54, 1.807) is 32.2 Å². The molecule has 4 rings (SSSR count). The molecule has 2 aromatic carbocycles. The second kappa shape index (κ2) is 6.88. The Morgan fingerprint density at radius 3 is 2.75 bits per heavy atom. The molecule has 11 heteroatoms. The highest BCUT2D eigenvalue weighted by molar-refractivity contribution is 7.92. The number of pyridine rings is 1. The van der Waals surface area contributed by atoms with Gasteiger partial charge in [-0.3, -0.25) is 4.72 Å². The summed E-state index contributed by atoms with van der Waals surface area (Å²) in [5, 5.41) is 8.40. The van der Waals surface area contributed by atoms with Crippen LogP contribution in [0.3, 0.4) is 0 Å². The molecule has 1 N–H and O–H groups in total. The average molecular weight is 416 g/mol. The molecule has 2 heterocycles. The van der Waals surface area contributed by atoms with Gasteiger partial charge >= 0.3 is 0 Å². The van der Waals surface area contributed by atoms with Crippen molar-refractivity contribution in [2.24, 2.45) is 0 Å². The van der Waals surface area contributed by atoms with Crippen molar-refractivity contribution in [2.75, 3.05) is 4.72 Å². The van der Waals surface area contributed by atoms with E-state index in [-0.39, 0.29) is 10.6 Å². The fourth-order valence-electron chi connectivity index (χ4n) is 2.65. The summed E-state index contributed by atoms with van der Waals surface area (Å²) in [6, 6.07) is 11.8. The van der Waals surface area contributed by atoms with Gasteiger partial charge in [-0.1, -0.05) is 28.3 Å². The topological polar surface area (TPSA) is 89.8 Å². The Morgan fingerprint density at radius 1 is 1.14 bits per heavy atom. The second-order valence-electron chi connectivity index (χ2n) is 6.03. The fourth-order valence-corrected chi connectivity index (χ4v) is 3.91. The van der Waals surface area contributed by atoms with Crippen molar-refractivity contribution in [1.29, 1.82) is 0 Å². The molecular formula is C17H12BClFN5O2S. The number of aromatic nitrogens is 4. The molecule has 0 aliphatic carbocycles. The van der Waals surface area contributed by atoms with Gasteiger partial charge in [-0.05, 0) is 42.5 Å². The predicted molar refractivity (Wildman–Crippen MR) is 107 cm³/mol. The minimum atomic E-state index is -4.04. The van der Waals surface area contributed by atoms with Gasteiger partial charge in [0, 0.05) is 11.2 Å². The molecule has 2 aromatic heterocycles. The van der Waals surface area contributed by atoms with E-state index in [0.717, 1.165) is 6.07 Å². The zero-order chi connectivity index (χ0) is 19.9. The highest BCUT2D eigenvalue weighted by Crippen LogP contribution is 2.28. The first kappa shape index (κ1) is 18.4. The quantitative estimate of drug-likeness (QED) is 0.512. The molecule has 0 atom stereocenters. The Bertz CT molecular complexity index is 1310. The molecule has 7 nitrogen and oxygen atoms in total. The monoisotopic (exact) mass is 415 g/mol. The number of benzene rings is 2. The first-order chi connectivity index (χ1) is 13.3. The van der Waals surface area contributed by atoms with Crippen LogP contribution in [0.1, 0.15) is 0 Å². The molecule has 0 saturated carbocycles. The van der Waals surface area contributed by atoms with Gasteiger partial charge in [-0.25, -0.2) is 22.5 Å². The number of hydrogen-bond acceptors (Lipinski definition) is 5. The van der Waals surface area contributed by atoms with Crippen LogP contribution in [0.4, 0.5) is 10.1 Å². The standard InChI is InChI=1S/C17H12BClFN5O2S/c18-12-5-4-11(9-13(12)20)28(26,27)23-14-6-3-10(19)8-16(14)25-15-2-1-7-21-17(15)22-24-25/h1-9,23H,18H2. The molecule has 140 valence electrons. The summed E-state index contributed by atoms with van der Waals surface area (Å²) >= 11 is 6.11. The number of sulfonamides is 1. The SMILES string of the molecule is Bc1ccc(S(=O)(=O)Nc2ccc(Cl)cc2-n2nnc3ncccc32)cc1F. The molecule has 0 radical (unpaired) electrons. The third-order valence-corrected chi connectivity index (χ3v) is 5.71. The number of nitrogens with zero attached hydrogens (tertiary/aromatic N) is 4. The highest BCUT2D eigenvalue weighted by Gasteiger charge is 2.19. The summed E-state index contributed by atoms with van der Waals surface area (Å²) in [6.45, 7) is 0. The van der Waals surface area contributed by atoms with Crippen LogP contribution in [0.2, 0.25) is 5.02 Å². The zero-order valence-corrected chi connectivity index (χ0v) is 16.0. The maximum atomic E-state index is 13.8. The third-order valence-electron chi connectivity index (χ3n) is 4.11. The minimum Gasteiger partial charge on any atom is -0.277 e. The number of hydrogen-bond donors (Lipinski definition) is 1. The molecule has 0 aliphatic heterocycles. The lowest BCUT2D eigenvalue weighted by atomic mass is 9.96. The smallest absolute Gasteiger partial charge is 0.262 e. The van der Waals surface area contributed by atoms with E-state index in [9.17, 15) is 12.8 Å². The van der Waals surface area contributed by atoms with Gasteiger partial charge in [0.25, 0.3) is 10.0 Å². The summed E-state index contributed by atoms with van der Waals surface area (Å²) in [7, 11) is -2.49. The third kappa shape index (κ3) is 3.32. The number of fused-ring (bicyclic) bond motifs is 1. The van der Waals surface area contributed by atoms with Crippen molar-refractivity contribution in [3.05, 3.63) is 65.6 Å². The largest absolute Gasteiger partial charge is 0.277 e. The van der Waals surface area contributed by atoms with E-state index in [0.29, 0.717) is 27.3 Å². The van der Waals surface area contributed by atoms with Crippen molar-refractivity contribution in [1.82, 2.24) is 20.0 Å². The zero-order valence-electron chi connectivity index (χ0n) is 14.5. The van der Waals surface area contributed by atoms with E-state index in [1.807, 2.05) is 0 Å². The minimum absolute atomic E-state index is 0.193. The average Bonchev–Trinajstić information content (AvgIpc) is 3.09. The number of nitrogens with one attached hydrogen (secondary N) is 1. The summed E-state index contributed by atoms with van der Waals surface area (Å²) < 4.78 is 43.3. The fraction of sp³-hybridized carbons (Fsp3) is 0. The first-order valence-electron chi connectivity index (χ1n) is 8.10. The molecule has 0 saturated heterocycles. The molecule has 0 unspecified atom stereocenters. The number of rotatable bonds is 4. The van der Waals surface area contributed by atoms with Crippen LogP contribution in [-0.4, -0.2) is 36.2 Å². The Morgan fingerprint density at radius 2 is 1.96 bits per heavy atom.